The maximum Gasteiger partial charge on any atom is 0.410 e. The lowest BCUT2D eigenvalue weighted by atomic mass is 10.0. The van der Waals surface area contributed by atoms with Gasteiger partial charge in [-0.15, -0.1) is 0 Å². The summed E-state index contributed by atoms with van der Waals surface area (Å²) in [5.74, 6) is 0. The molecule has 0 unspecified atom stereocenters. The minimum absolute atomic E-state index is 0.163. The molecule has 0 spiro atoms. The van der Waals surface area contributed by atoms with Gasteiger partial charge >= 0.3 is 6.09 Å². The summed E-state index contributed by atoms with van der Waals surface area (Å²) in [7, 11) is 0. The highest BCUT2D eigenvalue weighted by atomic mass is 16.6. The summed E-state index contributed by atoms with van der Waals surface area (Å²) in [5.41, 5.74) is -0.400. The predicted molar refractivity (Wildman–Crippen MR) is 101 cm³/mol. The van der Waals surface area contributed by atoms with E-state index in [0.717, 1.165) is 32.5 Å². The molecule has 0 aromatic carbocycles. The number of rotatable bonds is 10. The number of piperidine rings is 1. The number of amides is 1. The Kier molecular flexibility index (Phi) is 10.4. The number of nitrogens with one attached hydrogen (secondary N) is 1. The van der Waals surface area contributed by atoms with Crippen molar-refractivity contribution in [1.29, 1.82) is 0 Å². The van der Waals surface area contributed by atoms with E-state index >= 15 is 0 Å². The van der Waals surface area contributed by atoms with Crippen LogP contribution in [0.15, 0.2) is 0 Å². The first-order valence-corrected chi connectivity index (χ1v) is 10.1. The van der Waals surface area contributed by atoms with Gasteiger partial charge in [0.1, 0.15) is 5.60 Å². The van der Waals surface area contributed by atoms with Crippen molar-refractivity contribution in [3.63, 3.8) is 0 Å². The fraction of sp³-hybridized carbons (Fsp3) is 0.950. The Bertz CT molecular complexity index is 331. The Hall–Kier alpha value is -0.770. The molecule has 1 amide bonds. The molecular formula is C20H40N2O2. The van der Waals surface area contributed by atoms with Crippen molar-refractivity contribution < 1.29 is 9.53 Å². The first kappa shape index (κ1) is 21.3. The summed E-state index contributed by atoms with van der Waals surface area (Å²) in [5, 5.41) is 3.66. The second-order valence-corrected chi connectivity index (χ2v) is 8.17. The van der Waals surface area contributed by atoms with Gasteiger partial charge in [-0.2, -0.15) is 0 Å². The molecule has 142 valence electrons. The summed E-state index contributed by atoms with van der Waals surface area (Å²) in [6.45, 7) is 10.8. The van der Waals surface area contributed by atoms with E-state index in [4.69, 9.17) is 4.74 Å². The summed E-state index contributed by atoms with van der Waals surface area (Å²) in [6.07, 6.45) is 12.8. The number of nitrogens with zero attached hydrogens (tertiary/aromatic N) is 1. The monoisotopic (exact) mass is 340 g/mol. The molecule has 1 N–H and O–H groups in total. The van der Waals surface area contributed by atoms with Crippen molar-refractivity contribution in [2.24, 2.45) is 0 Å². The third-order valence-electron chi connectivity index (χ3n) is 4.61. The average molecular weight is 341 g/mol. The Morgan fingerprint density at radius 2 is 1.54 bits per heavy atom. The lowest BCUT2D eigenvalue weighted by Gasteiger charge is -2.33. The van der Waals surface area contributed by atoms with Gasteiger partial charge in [0.05, 0.1) is 0 Å². The van der Waals surface area contributed by atoms with Crippen LogP contribution in [0.3, 0.4) is 0 Å². The van der Waals surface area contributed by atoms with Crippen LogP contribution in [-0.4, -0.2) is 42.3 Å². The zero-order valence-electron chi connectivity index (χ0n) is 16.5. The van der Waals surface area contributed by atoms with Crippen molar-refractivity contribution in [2.45, 2.75) is 104 Å². The SMILES string of the molecule is CCCCCCCCCCNC1CCN(C(=O)OC(C)(C)C)CC1. The molecule has 0 saturated carbocycles. The van der Waals surface area contributed by atoms with Crippen LogP contribution in [0.4, 0.5) is 4.79 Å². The average Bonchev–Trinajstić information content (AvgIpc) is 2.52. The Labute approximate surface area is 149 Å². The van der Waals surface area contributed by atoms with Gasteiger partial charge in [0.15, 0.2) is 0 Å². The molecule has 1 saturated heterocycles. The minimum atomic E-state index is -0.400. The van der Waals surface area contributed by atoms with Gasteiger partial charge in [0.2, 0.25) is 0 Å². The Balaban J connectivity index is 1.99. The van der Waals surface area contributed by atoms with Crippen LogP contribution < -0.4 is 5.32 Å². The van der Waals surface area contributed by atoms with Crippen molar-refractivity contribution in [3.05, 3.63) is 0 Å². The second-order valence-electron chi connectivity index (χ2n) is 8.17. The van der Waals surface area contributed by atoms with Gasteiger partial charge in [-0.3, -0.25) is 0 Å². The molecule has 0 radical (unpaired) electrons. The van der Waals surface area contributed by atoms with Crippen LogP contribution in [0, 0.1) is 0 Å². The van der Waals surface area contributed by atoms with Crippen LogP contribution in [0.25, 0.3) is 0 Å². The van der Waals surface area contributed by atoms with Gasteiger partial charge in [-0.1, -0.05) is 51.9 Å². The number of carbonyl (C=O) groups excluding carboxylic acids is 1. The molecule has 24 heavy (non-hydrogen) atoms. The number of likely N-dealkylation sites (tertiary alicyclic amines) is 1. The van der Waals surface area contributed by atoms with Crippen LogP contribution in [0.1, 0.15) is 91.9 Å². The number of hydrogen-bond acceptors (Lipinski definition) is 3. The minimum Gasteiger partial charge on any atom is -0.444 e. The van der Waals surface area contributed by atoms with E-state index in [1.165, 1.54) is 51.4 Å². The Morgan fingerprint density at radius 3 is 2.08 bits per heavy atom. The maximum atomic E-state index is 12.0. The van der Waals surface area contributed by atoms with Gasteiger partial charge in [-0.05, 0) is 46.6 Å². The lowest BCUT2D eigenvalue weighted by Crippen LogP contribution is -2.46. The first-order chi connectivity index (χ1) is 11.4. The largest absolute Gasteiger partial charge is 0.444 e. The number of carbonyl (C=O) groups is 1. The van der Waals surface area contributed by atoms with Crippen LogP contribution >= 0.6 is 0 Å². The molecule has 0 bridgehead atoms. The number of ether oxygens (including phenoxy) is 1. The van der Waals surface area contributed by atoms with Crippen LogP contribution in [0.5, 0.6) is 0 Å². The molecule has 1 fully saturated rings. The van der Waals surface area contributed by atoms with Gasteiger partial charge in [0, 0.05) is 19.1 Å². The smallest absolute Gasteiger partial charge is 0.410 e. The van der Waals surface area contributed by atoms with E-state index in [1.54, 1.807) is 0 Å². The third-order valence-corrected chi connectivity index (χ3v) is 4.61. The highest BCUT2D eigenvalue weighted by Crippen LogP contribution is 2.15. The Morgan fingerprint density at radius 1 is 1.00 bits per heavy atom. The number of unbranched alkanes of at least 4 members (excludes halogenated alkanes) is 7. The molecule has 0 aromatic rings. The second kappa shape index (κ2) is 11.7. The van der Waals surface area contributed by atoms with Crippen molar-refractivity contribution in [2.75, 3.05) is 19.6 Å². The van der Waals surface area contributed by atoms with Crippen LogP contribution in [-0.2, 0) is 4.74 Å². The van der Waals surface area contributed by atoms with E-state index in [-0.39, 0.29) is 6.09 Å². The van der Waals surface area contributed by atoms with E-state index in [0.29, 0.717) is 6.04 Å². The molecule has 1 rings (SSSR count). The summed E-state index contributed by atoms with van der Waals surface area (Å²) < 4.78 is 5.44. The summed E-state index contributed by atoms with van der Waals surface area (Å²) in [6, 6.07) is 0.563. The molecular weight excluding hydrogens is 300 g/mol. The molecule has 0 aliphatic carbocycles. The van der Waals surface area contributed by atoms with Crippen LogP contribution in [0.2, 0.25) is 0 Å². The summed E-state index contributed by atoms with van der Waals surface area (Å²) >= 11 is 0. The molecule has 1 aliphatic heterocycles. The van der Waals surface area contributed by atoms with Crippen molar-refractivity contribution in [1.82, 2.24) is 10.2 Å². The molecule has 4 nitrogen and oxygen atoms in total. The van der Waals surface area contributed by atoms with Gasteiger partial charge in [-0.25, -0.2) is 4.79 Å². The van der Waals surface area contributed by atoms with E-state index in [2.05, 4.69) is 12.2 Å². The summed E-state index contributed by atoms with van der Waals surface area (Å²) in [4.78, 5) is 13.9. The standard InChI is InChI=1S/C20H40N2O2/c1-5-6-7-8-9-10-11-12-15-21-18-13-16-22(17-14-18)19(23)24-20(2,3)4/h18,21H,5-17H2,1-4H3. The molecule has 4 heteroatoms. The highest BCUT2D eigenvalue weighted by Gasteiger charge is 2.26. The molecule has 0 aromatic heterocycles. The topological polar surface area (TPSA) is 41.6 Å². The normalized spacial score (nSPS) is 16.4. The lowest BCUT2D eigenvalue weighted by molar-refractivity contribution is 0.0198. The fourth-order valence-electron chi connectivity index (χ4n) is 3.16. The van der Waals surface area contributed by atoms with Gasteiger partial charge < -0.3 is 15.0 Å². The van der Waals surface area contributed by atoms with E-state index < -0.39 is 5.60 Å². The third kappa shape index (κ3) is 10.2. The van der Waals surface area contributed by atoms with Gasteiger partial charge in [0.25, 0.3) is 0 Å². The maximum absolute atomic E-state index is 12.0. The van der Waals surface area contributed by atoms with Crippen molar-refractivity contribution in [3.8, 4) is 0 Å². The first-order valence-electron chi connectivity index (χ1n) is 10.1. The van der Waals surface area contributed by atoms with E-state index in [1.807, 2.05) is 25.7 Å². The molecule has 1 aliphatic rings. The quantitative estimate of drug-likeness (QED) is 0.561. The molecule has 1 heterocycles. The zero-order valence-corrected chi connectivity index (χ0v) is 16.5. The zero-order chi connectivity index (χ0) is 17.8. The molecule has 0 atom stereocenters. The van der Waals surface area contributed by atoms with E-state index in [9.17, 15) is 4.79 Å². The number of hydrogen-bond donors (Lipinski definition) is 1. The predicted octanol–water partition coefficient (Wildman–Crippen LogP) is 5.12. The fourth-order valence-corrected chi connectivity index (χ4v) is 3.16. The highest BCUT2D eigenvalue weighted by molar-refractivity contribution is 5.68. The van der Waals surface area contributed by atoms with Crippen molar-refractivity contribution >= 4 is 6.09 Å².